The van der Waals surface area contributed by atoms with E-state index >= 15 is 0 Å². The van der Waals surface area contributed by atoms with Crippen molar-refractivity contribution in [2.24, 2.45) is 4.99 Å². The normalized spacial score (nSPS) is 29.2. The van der Waals surface area contributed by atoms with E-state index in [1.165, 1.54) is 0 Å². The number of rotatable bonds is 4. The van der Waals surface area contributed by atoms with Crippen LogP contribution in [0.4, 0.5) is 0 Å². The summed E-state index contributed by atoms with van der Waals surface area (Å²) >= 11 is 0. The average Bonchev–Trinajstić information content (AvgIpc) is 2.55. The molecule has 8 heteroatoms. The van der Waals surface area contributed by atoms with Gasteiger partial charge < -0.3 is 14.6 Å². The number of sulfonamides is 1. The van der Waals surface area contributed by atoms with Crippen molar-refractivity contribution >= 4 is 16.0 Å². The monoisotopic (exact) mass is 340 g/mol. The van der Waals surface area contributed by atoms with E-state index in [4.69, 9.17) is 9.47 Å². The molecule has 2 heterocycles. The van der Waals surface area contributed by atoms with Gasteiger partial charge in [-0.1, -0.05) is 30.3 Å². The highest BCUT2D eigenvalue weighted by Crippen LogP contribution is 2.25. The molecule has 0 saturated carbocycles. The fourth-order valence-corrected chi connectivity index (χ4v) is 4.15. The van der Waals surface area contributed by atoms with Gasteiger partial charge in [0.2, 0.25) is 10.0 Å². The lowest BCUT2D eigenvalue weighted by Gasteiger charge is -2.36. The van der Waals surface area contributed by atoms with E-state index in [0.717, 1.165) is 5.56 Å². The van der Waals surface area contributed by atoms with E-state index in [0.29, 0.717) is 19.4 Å². The van der Waals surface area contributed by atoms with E-state index in [9.17, 15) is 13.5 Å². The Bertz CT molecular complexity index is 662. The minimum Gasteiger partial charge on any atom is -0.460 e. The van der Waals surface area contributed by atoms with E-state index in [1.54, 1.807) is 0 Å². The highest BCUT2D eigenvalue weighted by Gasteiger charge is 2.43. The summed E-state index contributed by atoms with van der Waals surface area (Å²) in [5.74, 6) is 0. The molecular formula is C15H20N2O5S. The number of benzene rings is 1. The van der Waals surface area contributed by atoms with Gasteiger partial charge in [0, 0.05) is 13.0 Å². The summed E-state index contributed by atoms with van der Waals surface area (Å²) < 4.78 is 37.9. The molecule has 3 atom stereocenters. The smallest absolute Gasteiger partial charge is 0.299 e. The number of amidine groups is 1. The molecule has 2 aliphatic heterocycles. The Kier molecular flexibility index (Phi) is 4.84. The Labute approximate surface area is 135 Å². The molecule has 0 amide bonds. The highest BCUT2D eigenvalue weighted by atomic mass is 32.2. The molecule has 2 aliphatic rings. The van der Waals surface area contributed by atoms with Crippen molar-refractivity contribution in [3.8, 4) is 0 Å². The van der Waals surface area contributed by atoms with E-state index < -0.39 is 21.4 Å². The van der Waals surface area contributed by atoms with E-state index in [1.807, 2.05) is 30.3 Å². The molecule has 0 radical (unpaired) electrons. The van der Waals surface area contributed by atoms with E-state index in [-0.39, 0.29) is 25.3 Å². The predicted octanol–water partition coefficient (Wildman–Crippen LogP) is 0.573. The maximum atomic E-state index is 12.3. The molecule has 0 aromatic heterocycles. The SMILES string of the molecule is O=S1(=O)NC(=NC(CCO)c2ccccc2)OC2CCOCC21. The molecule has 2 saturated heterocycles. The number of hydrogen-bond acceptors (Lipinski definition) is 6. The second-order valence-corrected chi connectivity index (χ2v) is 7.48. The largest absolute Gasteiger partial charge is 0.460 e. The van der Waals surface area contributed by atoms with Gasteiger partial charge in [0.05, 0.1) is 19.3 Å². The fraction of sp³-hybridized carbons (Fsp3) is 0.533. The summed E-state index contributed by atoms with van der Waals surface area (Å²) in [5.41, 5.74) is 0.894. The highest BCUT2D eigenvalue weighted by molar-refractivity contribution is 7.90. The van der Waals surface area contributed by atoms with Crippen molar-refractivity contribution in [3.63, 3.8) is 0 Å². The van der Waals surface area contributed by atoms with Crippen LogP contribution in [-0.2, 0) is 19.5 Å². The first-order chi connectivity index (χ1) is 11.1. The van der Waals surface area contributed by atoms with Crippen LogP contribution in [0.1, 0.15) is 24.4 Å². The van der Waals surface area contributed by atoms with Crippen LogP contribution in [0.25, 0.3) is 0 Å². The van der Waals surface area contributed by atoms with Gasteiger partial charge in [0.1, 0.15) is 11.4 Å². The average molecular weight is 340 g/mol. The van der Waals surface area contributed by atoms with Gasteiger partial charge in [-0.3, -0.25) is 0 Å². The van der Waals surface area contributed by atoms with Crippen molar-refractivity contribution in [2.45, 2.75) is 30.2 Å². The number of aliphatic hydroxyl groups excluding tert-OH is 1. The molecule has 23 heavy (non-hydrogen) atoms. The minimum atomic E-state index is -3.57. The molecular weight excluding hydrogens is 320 g/mol. The Morgan fingerprint density at radius 1 is 1.35 bits per heavy atom. The number of hydrogen-bond donors (Lipinski definition) is 2. The van der Waals surface area contributed by atoms with Crippen LogP contribution in [0.5, 0.6) is 0 Å². The van der Waals surface area contributed by atoms with Gasteiger partial charge in [-0.2, -0.15) is 0 Å². The number of ether oxygens (including phenoxy) is 2. The Hall–Kier alpha value is -1.64. The van der Waals surface area contributed by atoms with Gasteiger partial charge >= 0.3 is 0 Å². The predicted molar refractivity (Wildman–Crippen MR) is 84.5 cm³/mol. The molecule has 1 aromatic carbocycles. The lowest BCUT2D eigenvalue weighted by molar-refractivity contribution is 0.0175. The summed E-state index contributed by atoms with van der Waals surface area (Å²) in [6.07, 6.45) is 0.454. The molecule has 2 N–H and O–H groups in total. The van der Waals surface area contributed by atoms with Crippen LogP contribution in [0.2, 0.25) is 0 Å². The van der Waals surface area contributed by atoms with Gasteiger partial charge in [0.25, 0.3) is 6.02 Å². The van der Waals surface area contributed by atoms with E-state index in [2.05, 4.69) is 9.71 Å². The standard InChI is InChI=1S/C15H20N2O5S/c18-8-6-12(11-4-2-1-3-5-11)16-15-17-23(19,20)14-10-21-9-7-13(14)22-15/h1-5,12-14,18H,6-10H2,(H,16,17). The van der Waals surface area contributed by atoms with Crippen molar-refractivity contribution in [3.05, 3.63) is 35.9 Å². The molecule has 1 aromatic rings. The third-order valence-corrected chi connectivity index (χ3v) is 5.69. The van der Waals surface area contributed by atoms with Crippen LogP contribution < -0.4 is 4.72 Å². The van der Waals surface area contributed by atoms with Crippen LogP contribution in [0, 0.1) is 0 Å². The summed E-state index contributed by atoms with van der Waals surface area (Å²) in [5, 5.41) is 8.55. The quantitative estimate of drug-likeness (QED) is 0.835. The zero-order valence-electron chi connectivity index (χ0n) is 12.6. The first kappa shape index (κ1) is 16.2. The summed E-state index contributed by atoms with van der Waals surface area (Å²) in [6, 6.07) is 9.04. The van der Waals surface area contributed by atoms with Crippen molar-refractivity contribution in [1.29, 1.82) is 0 Å². The van der Waals surface area contributed by atoms with Gasteiger partial charge in [0.15, 0.2) is 0 Å². The van der Waals surface area contributed by atoms with Crippen LogP contribution >= 0.6 is 0 Å². The van der Waals surface area contributed by atoms with Gasteiger partial charge in [-0.25, -0.2) is 18.1 Å². The summed E-state index contributed by atoms with van der Waals surface area (Å²) in [7, 11) is -3.57. The number of nitrogens with zero attached hydrogens (tertiary/aromatic N) is 1. The van der Waals surface area contributed by atoms with Gasteiger partial charge in [-0.05, 0) is 12.0 Å². The molecule has 7 nitrogen and oxygen atoms in total. The van der Waals surface area contributed by atoms with Crippen LogP contribution in [0.15, 0.2) is 35.3 Å². The second kappa shape index (κ2) is 6.86. The molecule has 126 valence electrons. The molecule has 3 unspecified atom stereocenters. The Balaban J connectivity index is 1.85. The Morgan fingerprint density at radius 2 is 2.13 bits per heavy atom. The number of fused-ring (bicyclic) bond motifs is 1. The van der Waals surface area contributed by atoms with Crippen molar-refractivity contribution < 1.29 is 23.0 Å². The maximum absolute atomic E-state index is 12.3. The fourth-order valence-electron chi connectivity index (χ4n) is 2.78. The number of aliphatic imine (C=N–C) groups is 1. The third-order valence-electron chi connectivity index (χ3n) is 3.99. The zero-order valence-corrected chi connectivity index (χ0v) is 13.4. The zero-order chi connectivity index (χ0) is 16.3. The third kappa shape index (κ3) is 3.65. The summed E-state index contributed by atoms with van der Waals surface area (Å²) in [6.45, 7) is 0.553. The lowest BCUT2D eigenvalue weighted by atomic mass is 10.1. The van der Waals surface area contributed by atoms with Crippen molar-refractivity contribution in [1.82, 2.24) is 4.72 Å². The first-order valence-electron chi connectivity index (χ1n) is 7.60. The molecule has 2 fully saturated rings. The second-order valence-electron chi connectivity index (χ2n) is 5.58. The molecule has 0 spiro atoms. The minimum absolute atomic E-state index is 0.00421. The molecule has 0 bridgehead atoms. The Morgan fingerprint density at radius 3 is 2.87 bits per heavy atom. The maximum Gasteiger partial charge on any atom is 0.299 e. The number of aliphatic hydroxyl groups is 1. The summed E-state index contributed by atoms with van der Waals surface area (Å²) in [4.78, 5) is 4.39. The topological polar surface area (TPSA) is 97.2 Å². The first-order valence-corrected chi connectivity index (χ1v) is 9.14. The molecule has 3 rings (SSSR count). The lowest BCUT2D eigenvalue weighted by Crippen LogP contribution is -2.57. The number of nitrogens with one attached hydrogen (secondary N) is 1. The van der Waals surface area contributed by atoms with Gasteiger partial charge in [-0.15, -0.1) is 0 Å². The van der Waals surface area contributed by atoms with Crippen LogP contribution in [0.3, 0.4) is 0 Å². The van der Waals surface area contributed by atoms with Crippen molar-refractivity contribution in [2.75, 3.05) is 19.8 Å². The molecule has 0 aliphatic carbocycles. The van der Waals surface area contributed by atoms with Crippen LogP contribution in [-0.4, -0.2) is 50.7 Å².